The first-order valence-electron chi connectivity index (χ1n) is 8.32. The number of nitrogens with zero attached hydrogens (tertiary/aromatic N) is 8. The van der Waals surface area contributed by atoms with E-state index in [2.05, 4.69) is 35.9 Å². The van der Waals surface area contributed by atoms with Crippen molar-refractivity contribution in [1.29, 1.82) is 0 Å². The molecule has 0 bridgehead atoms. The van der Waals surface area contributed by atoms with E-state index in [1.807, 2.05) is 38.1 Å². The summed E-state index contributed by atoms with van der Waals surface area (Å²) >= 11 is 0. The van der Waals surface area contributed by atoms with Gasteiger partial charge in [-0.2, -0.15) is 4.98 Å². The molecule has 4 aromatic rings. The first-order chi connectivity index (χ1) is 13.0. The Morgan fingerprint density at radius 3 is 2.81 bits per heavy atom. The second-order valence-electron chi connectivity index (χ2n) is 6.21. The molecule has 0 fully saturated rings. The van der Waals surface area contributed by atoms with Crippen LogP contribution in [0.1, 0.15) is 17.2 Å². The van der Waals surface area contributed by atoms with Gasteiger partial charge < -0.3 is 5.32 Å². The van der Waals surface area contributed by atoms with Crippen LogP contribution in [0.3, 0.4) is 0 Å². The minimum absolute atomic E-state index is 0.0532. The van der Waals surface area contributed by atoms with Gasteiger partial charge in [-0.15, -0.1) is 10.2 Å². The molecule has 10 heteroatoms. The Labute approximate surface area is 154 Å². The van der Waals surface area contributed by atoms with Crippen molar-refractivity contribution < 1.29 is 4.79 Å². The summed E-state index contributed by atoms with van der Waals surface area (Å²) in [5.41, 5.74) is 3.23. The van der Waals surface area contributed by atoms with Crippen LogP contribution in [-0.4, -0.2) is 45.7 Å². The Morgan fingerprint density at radius 2 is 2.04 bits per heavy atom. The first-order valence-corrected chi connectivity index (χ1v) is 8.32. The highest BCUT2D eigenvalue weighted by Crippen LogP contribution is 2.19. The lowest BCUT2D eigenvalue weighted by atomic mass is 10.2. The number of rotatable bonds is 4. The molecule has 3 heterocycles. The maximum Gasteiger partial charge on any atom is 0.252 e. The van der Waals surface area contributed by atoms with Gasteiger partial charge in [0.05, 0.1) is 6.42 Å². The number of amides is 1. The predicted octanol–water partition coefficient (Wildman–Crippen LogP) is 1.11. The van der Waals surface area contributed by atoms with Crippen LogP contribution in [0.25, 0.3) is 17.2 Å². The van der Waals surface area contributed by atoms with Crippen LogP contribution in [0.2, 0.25) is 0 Å². The lowest BCUT2D eigenvalue weighted by Crippen LogP contribution is -2.15. The fourth-order valence-corrected chi connectivity index (χ4v) is 2.84. The van der Waals surface area contributed by atoms with E-state index in [1.54, 1.807) is 22.3 Å². The quantitative estimate of drug-likeness (QED) is 0.577. The molecular formula is C17H17N9O. The van der Waals surface area contributed by atoms with Crippen molar-refractivity contribution in [2.45, 2.75) is 20.3 Å². The molecule has 0 saturated carbocycles. The van der Waals surface area contributed by atoms with Crippen LogP contribution in [0.15, 0.2) is 30.3 Å². The van der Waals surface area contributed by atoms with Crippen LogP contribution in [0.5, 0.6) is 0 Å². The highest BCUT2D eigenvalue weighted by molar-refractivity contribution is 5.92. The van der Waals surface area contributed by atoms with Crippen LogP contribution in [0.4, 0.5) is 5.69 Å². The molecule has 0 aliphatic rings. The lowest BCUT2D eigenvalue weighted by molar-refractivity contribution is -0.115. The molecule has 4 rings (SSSR count). The van der Waals surface area contributed by atoms with Gasteiger partial charge in [0.15, 0.2) is 11.6 Å². The van der Waals surface area contributed by atoms with Crippen molar-refractivity contribution in [3.8, 4) is 11.4 Å². The van der Waals surface area contributed by atoms with Crippen molar-refractivity contribution in [2.24, 2.45) is 7.05 Å². The maximum atomic E-state index is 12.4. The third-order valence-corrected chi connectivity index (χ3v) is 4.01. The molecule has 0 saturated heterocycles. The maximum absolute atomic E-state index is 12.4. The van der Waals surface area contributed by atoms with E-state index in [4.69, 9.17) is 0 Å². The van der Waals surface area contributed by atoms with Gasteiger partial charge in [0.1, 0.15) is 0 Å². The van der Waals surface area contributed by atoms with Gasteiger partial charge >= 0.3 is 0 Å². The molecule has 0 aliphatic heterocycles. The molecule has 0 aliphatic carbocycles. The molecule has 1 aromatic carbocycles. The summed E-state index contributed by atoms with van der Waals surface area (Å²) in [6.45, 7) is 3.82. The Bertz CT molecular complexity index is 1140. The fourth-order valence-electron chi connectivity index (χ4n) is 2.84. The van der Waals surface area contributed by atoms with E-state index in [0.717, 1.165) is 17.0 Å². The number of carbonyl (C=O) groups excluding carboxylic acids is 1. The van der Waals surface area contributed by atoms with Crippen molar-refractivity contribution in [1.82, 2.24) is 39.8 Å². The number of tetrazole rings is 1. The number of aryl methyl sites for hydroxylation is 3. The molecule has 3 aromatic heterocycles. The second kappa shape index (κ2) is 6.56. The Kier molecular flexibility index (Phi) is 4.07. The van der Waals surface area contributed by atoms with E-state index >= 15 is 0 Å². The van der Waals surface area contributed by atoms with Gasteiger partial charge in [0, 0.05) is 29.7 Å². The third-order valence-electron chi connectivity index (χ3n) is 4.01. The highest BCUT2D eigenvalue weighted by atomic mass is 16.1. The van der Waals surface area contributed by atoms with Crippen molar-refractivity contribution in [3.63, 3.8) is 0 Å². The Morgan fingerprint density at radius 1 is 1.19 bits per heavy atom. The largest absolute Gasteiger partial charge is 0.326 e. The zero-order chi connectivity index (χ0) is 19.0. The Hall–Kier alpha value is -3.69. The van der Waals surface area contributed by atoms with Gasteiger partial charge in [0.2, 0.25) is 5.91 Å². The normalized spacial score (nSPS) is 11.1. The molecule has 0 spiro atoms. The van der Waals surface area contributed by atoms with Crippen LogP contribution < -0.4 is 5.32 Å². The number of anilines is 1. The number of hydrogen-bond acceptors (Lipinski definition) is 7. The van der Waals surface area contributed by atoms with E-state index in [0.29, 0.717) is 23.1 Å². The van der Waals surface area contributed by atoms with Crippen LogP contribution >= 0.6 is 0 Å². The zero-order valence-corrected chi connectivity index (χ0v) is 15.1. The standard InChI is InChI=1S/C17H17N9O/c1-10-7-11(2)26-17(18-10)20-14(22-26)9-15(27)19-13-6-4-5-12(8-13)16-21-23-24-25(16)3/h4-8H,9H2,1-3H3,(H,19,27). The number of fused-ring (bicyclic) bond motifs is 1. The molecule has 1 N–H and O–H groups in total. The van der Waals surface area contributed by atoms with Gasteiger partial charge in [0.25, 0.3) is 5.78 Å². The predicted molar refractivity (Wildman–Crippen MR) is 96.8 cm³/mol. The van der Waals surface area contributed by atoms with Crippen LogP contribution in [-0.2, 0) is 18.3 Å². The summed E-state index contributed by atoms with van der Waals surface area (Å²) in [7, 11) is 1.76. The van der Waals surface area contributed by atoms with Gasteiger partial charge in [-0.25, -0.2) is 14.2 Å². The minimum Gasteiger partial charge on any atom is -0.326 e. The van der Waals surface area contributed by atoms with Crippen LogP contribution in [0, 0.1) is 13.8 Å². The summed E-state index contributed by atoms with van der Waals surface area (Å²) in [4.78, 5) is 21.1. The van der Waals surface area contributed by atoms with Gasteiger partial charge in [-0.05, 0) is 42.5 Å². The first kappa shape index (κ1) is 16.8. The van der Waals surface area contributed by atoms with Gasteiger partial charge in [-0.3, -0.25) is 4.79 Å². The summed E-state index contributed by atoms with van der Waals surface area (Å²) in [6, 6.07) is 9.24. The summed E-state index contributed by atoms with van der Waals surface area (Å²) in [6.07, 6.45) is 0.0532. The van der Waals surface area contributed by atoms with Crippen molar-refractivity contribution in [2.75, 3.05) is 5.32 Å². The fraction of sp³-hybridized carbons (Fsp3) is 0.235. The average Bonchev–Trinajstić information content (AvgIpc) is 3.21. The number of hydrogen-bond donors (Lipinski definition) is 1. The molecular weight excluding hydrogens is 346 g/mol. The minimum atomic E-state index is -0.214. The van der Waals surface area contributed by atoms with Crippen molar-refractivity contribution in [3.05, 3.63) is 47.5 Å². The van der Waals surface area contributed by atoms with E-state index in [1.165, 1.54) is 0 Å². The molecule has 0 radical (unpaired) electrons. The van der Waals surface area contributed by atoms with E-state index in [9.17, 15) is 4.79 Å². The monoisotopic (exact) mass is 363 g/mol. The number of carbonyl (C=O) groups is 1. The topological polar surface area (TPSA) is 116 Å². The molecule has 136 valence electrons. The number of benzene rings is 1. The Balaban J connectivity index is 1.52. The van der Waals surface area contributed by atoms with Crippen molar-refractivity contribution >= 4 is 17.4 Å². The van der Waals surface area contributed by atoms with Gasteiger partial charge in [-0.1, -0.05) is 12.1 Å². The van der Waals surface area contributed by atoms with E-state index in [-0.39, 0.29) is 12.3 Å². The number of nitrogens with one attached hydrogen (secondary N) is 1. The third kappa shape index (κ3) is 3.36. The summed E-state index contributed by atoms with van der Waals surface area (Å²) in [5, 5.41) is 18.6. The smallest absolute Gasteiger partial charge is 0.252 e. The molecule has 10 nitrogen and oxygen atoms in total. The summed E-state index contributed by atoms with van der Waals surface area (Å²) < 4.78 is 3.20. The molecule has 1 amide bonds. The van der Waals surface area contributed by atoms with E-state index < -0.39 is 0 Å². The second-order valence-corrected chi connectivity index (χ2v) is 6.21. The SMILES string of the molecule is Cc1cc(C)n2nc(CC(=O)Nc3cccc(-c4nnnn4C)c3)nc2n1. The molecule has 0 atom stereocenters. The highest BCUT2D eigenvalue weighted by Gasteiger charge is 2.13. The zero-order valence-electron chi connectivity index (χ0n) is 15.1. The average molecular weight is 363 g/mol. The summed E-state index contributed by atoms with van der Waals surface area (Å²) in [5.74, 6) is 1.31. The molecule has 27 heavy (non-hydrogen) atoms. The number of aromatic nitrogens is 8. The lowest BCUT2D eigenvalue weighted by Gasteiger charge is -2.06. The molecule has 0 unspecified atom stereocenters.